The molecule has 0 bridgehead atoms. The van der Waals surface area contributed by atoms with Crippen molar-refractivity contribution in [2.24, 2.45) is 5.92 Å². The normalized spacial score (nSPS) is 26.5. The van der Waals surface area contributed by atoms with Gasteiger partial charge in [0.15, 0.2) is 0 Å². The highest BCUT2D eigenvalue weighted by atomic mass is 35.5. The van der Waals surface area contributed by atoms with Gasteiger partial charge in [0.1, 0.15) is 16.5 Å². The van der Waals surface area contributed by atoms with Crippen LogP contribution in [0.2, 0.25) is 5.15 Å². The first kappa shape index (κ1) is 14.1. The van der Waals surface area contributed by atoms with Crippen molar-refractivity contribution in [2.75, 3.05) is 40.1 Å². The van der Waals surface area contributed by atoms with Gasteiger partial charge >= 0.3 is 0 Å². The molecular formula is C14H18ClNO4. The Kier molecular flexibility index (Phi) is 4.12. The van der Waals surface area contributed by atoms with Crippen LogP contribution in [0.4, 0.5) is 0 Å². The summed E-state index contributed by atoms with van der Waals surface area (Å²) in [6.07, 6.45) is 0.771. The van der Waals surface area contributed by atoms with Gasteiger partial charge in [-0.2, -0.15) is 0 Å². The van der Waals surface area contributed by atoms with E-state index in [9.17, 15) is 0 Å². The molecule has 0 saturated carbocycles. The maximum atomic E-state index is 6.10. The van der Waals surface area contributed by atoms with Crippen LogP contribution in [-0.4, -0.2) is 45.1 Å². The predicted octanol–water partition coefficient (Wildman–Crippen LogP) is 2.02. The van der Waals surface area contributed by atoms with Gasteiger partial charge in [-0.15, -0.1) is 0 Å². The average Bonchev–Trinajstić information content (AvgIpc) is 2.86. The molecule has 0 radical (unpaired) electrons. The van der Waals surface area contributed by atoms with Crippen LogP contribution in [-0.2, 0) is 19.8 Å². The lowest BCUT2D eigenvalue weighted by atomic mass is 9.98. The molecule has 6 heteroatoms. The molecule has 0 spiro atoms. The van der Waals surface area contributed by atoms with Gasteiger partial charge in [-0.25, -0.2) is 4.98 Å². The van der Waals surface area contributed by atoms with Gasteiger partial charge in [-0.1, -0.05) is 11.6 Å². The fraction of sp³-hybridized carbons (Fsp3) is 0.643. The third-order valence-electron chi connectivity index (χ3n) is 3.80. The summed E-state index contributed by atoms with van der Waals surface area (Å²) >= 11 is 6.10. The van der Waals surface area contributed by atoms with E-state index in [0.29, 0.717) is 30.9 Å². The zero-order valence-corrected chi connectivity index (χ0v) is 12.2. The van der Waals surface area contributed by atoms with E-state index < -0.39 is 5.60 Å². The van der Waals surface area contributed by atoms with Crippen LogP contribution in [0.5, 0.6) is 5.75 Å². The number of nitrogens with zero attached hydrogens (tertiary/aromatic N) is 1. The molecule has 1 unspecified atom stereocenters. The molecule has 2 saturated heterocycles. The number of aromatic nitrogens is 1. The summed E-state index contributed by atoms with van der Waals surface area (Å²) in [5.74, 6) is 1.19. The SMILES string of the molecule is COC1(c2cc(OCC3COC3)cc(Cl)n2)CCOC1. The first-order valence-electron chi connectivity index (χ1n) is 6.73. The van der Waals surface area contributed by atoms with Gasteiger partial charge in [-0.3, -0.25) is 0 Å². The van der Waals surface area contributed by atoms with Crippen molar-refractivity contribution in [3.63, 3.8) is 0 Å². The van der Waals surface area contributed by atoms with Crippen molar-refractivity contribution < 1.29 is 18.9 Å². The second kappa shape index (κ2) is 5.85. The summed E-state index contributed by atoms with van der Waals surface area (Å²) < 4.78 is 22.0. The van der Waals surface area contributed by atoms with Gasteiger partial charge in [0.25, 0.3) is 0 Å². The van der Waals surface area contributed by atoms with Crippen molar-refractivity contribution in [3.05, 3.63) is 23.0 Å². The van der Waals surface area contributed by atoms with E-state index in [1.807, 2.05) is 6.07 Å². The van der Waals surface area contributed by atoms with E-state index in [2.05, 4.69) is 4.98 Å². The van der Waals surface area contributed by atoms with Gasteiger partial charge < -0.3 is 18.9 Å². The topological polar surface area (TPSA) is 49.8 Å². The molecule has 20 heavy (non-hydrogen) atoms. The van der Waals surface area contributed by atoms with Crippen molar-refractivity contribution >= 4 is 11.6 Å². The summed E-state index contributed by atoms with van der Waals surface area (Å²) in [7, 11) is 1.67. The summed E-state index contributed by atoms with van der Waals surface area (Å²) in [6, 6.07) is 3.62. The maximum absolute atomic E-state index is 6.10. The van der Waals surface area contributed by atoms with Gasteiger partial charge in [0.2, 0.25) is 0 Å². The largest absolute Gasteiger partial charge is 0.493 e. The van der Waals surface area contributed by atoms with Gasteiger partial charge in [0.05, 0.1) is 32.1 Å². The minimum atomic E-state index is -0.511. The second-order valence-corrected chi connectivity index (χ2v) is 5.61. The first-order valence-corrected chi connectivity index (χ1v) is 7.11. The van der Waals surface area contributed by atoms with Crippen LogP contribution in [0.1, 0.15) is 12.1 Å². The molecule has 5 nitrogen and oxygen atoms in total. The van der Waals surface area contributed by atoms with Crippen LogP contribution in [0, 0.1) is 5.92 Å². The number of ether oxygens (including phenoxy) is 4. The molecule has 1 aromatic rings. The molecule has 110 valence electrons. The lowest BCUT2D eigenvalue weighted by Gasteiger charge is -2.27. The number of halogens is 1. The third kappa shape index (κ3) is 2.76. The second-order valence-electron chi connectivity index (χ2n) is 5.23. The van der Waals surface area contributed by atoms with E-state index in [-0.39, 0.29) is 0 Å². The molecule has 3 rings (SSSR count). The molecule has 0 aromatic carbocycles. The molecule has 2 aliphatic heterocycles. The number of hydrogen-bond acceptors (Lipinski definition) is 5. The molecule has 0 N–H and O–H groups in total. The van der Waals surface area contributed by atoms with Crippen molar-refractivity contribution in [3.8, 4) is 5.75 Å². The van der Waals surface area contributed by atoms with Crippen molar-refractivity contribution in [1.29, 1.82) is 0 Å². The Bertz CT molecular complexity index is 472. The lowest BCUT2D eigenvalue weighted by molar-refractivity contribution is -0.0510. The predicted molar refractivity (Wildman–Crippen MR) is 73.2 cm³/mol. The van der Waals surface area contributed by atoms with E-state index in [4.69, 9.17) is 30.5 Å². The monoisotopic (exact) mass is 299 g/mol. The highest BCUT2D eigenvalue weighted by molar-refractivity contribution is 6.29. The first-order chi connectivity index (χ1) is 9.72. The van der Waals surface area contributed by atoms with Gasteiger partial charge in [-0.05, 0) is 0 Å². The smallest absolute Gasteiger partial charge is 0.135 e. The van der Waals surface area contributed by atoms with E-state index >= 15 is 0 Å². The van der Waals surface area contributed by atoms with Crippen LogP contribution in [0.15, 0.2) is 12.1 Å². The Labute approximate surface area is 123 Å². The molecule has 1 aromatic heterocycles. The van der Waals surface area contributed by atoms with Crippen LogP contribution < -0.4 is 4.74 Å². The number of hydrogen-bond donors (Lipinski definition) is 0. The van der Waals surface area contributed by atoms with E-state index in [1.54, 1.807) is 13.2 Å². The fourth-order valence-corrected chi connectivity index (χ4v) is 2.60. The maximum Gasteiger partial charge on any atom is 0.135 e. The Morgan fingerprint density at radius 1 is 1.40 bits per heavy atom. The van der Waals surface area contributed by atoms with Gasteiger partial charge in [0, 0.05) is 38.2 Å². The van der Waals surface area contributed by atoms with E-state index in [0.717, 1.165) is 31.1 Å². The van der Waals surface area contributed by atoms with Crippen molar-refractivity contribution in [1.82, 2.24) is 4.98 Å². The summed E-state index contributed by atoms with van der Waals surface area (Å²) in [6.45, 7) is 3.32. The molecule has 0 aliphatic carbocycles. The number of rotatable bonds is 5. The molecule has 1 atom stereocenters. The number of pyridine rings is 1. The standard InChI is InChI=1S/C14H18ClNO4/c1-17-14(2-3-18-9-14)12-4-11(5-13(15)16-12)20-8-10-6-19-7-10/h4-5,10H,2-3,6-9H2,1H3. The Morgan fingerprint density at radius 3 is 2.85 bits per heavy atom. The van der Waals surface area contributed by atoms with Crippen LogP contribution >= 0.6 is 11.6 Å². The molecule has 2 aliphatic rings. The highest BCUT2D eigenvalue weighted by Crippen LogP contribution is 2.35. The third-order valence-corrected chi connectivity index (χ3v) is 4.00. The minimum absolute atomic E-state index is 0.408. The Hall–Kier alpha value is -0.880. The van der Waals surface area contributed by atoms with Crippen molar-refractivity contribution in [2.45, 2.75) is 12.0 Å². The minimum Gasteiger partial charge on any atom is -0.493 e. The highest BCUT2D eigenvalue weighted by Gasteiger charge is 2.39. The molecule has 0 amide bonds. The average molecular weight is 300 g/mol. The molecule has 3 heterocycles. The zero-order valence-electron chi connectivity index (χ0n) is 11.4. The quantitative estimate of drug-likeness (QED) is 0.779. The Balaban J connectivity index is 1.78. The Morgan fingerprint density at radius 2 is 2.25 bits per heavy atom. The fourth-order valence-electron chi connectivity index (χ4n) is 2.40. The zero-order chi connectivity index (χ0) is 14.0. The molecular weight excluding hydrogens is 282 g/mol. The van der Waals surface area contributed by atoms with Crippen LogP contribution in [0.25, 0.3) is 0 Å². The molecule has 2 fully saturated rings. The lowest BCUT2D eigenvalue weighted by Crippen LogP contribution is -2.33. The number of methoxy groups -OCH3 is 1. The summed E-state index contributed by atoms with van der Waals surface area (Å²) in [5.41, 5.74) is 0.257. The van der Waals surface area contributed by atoms with E-state index in [1.165, 1.54) is 0 Å². The summed E-state index contributed by atoms with van der Waals surface area (Å²) in [4.78, 5) is 4.38. The summed E-state index contributed by atoms with van der Waals surface area (Å²) in [5, 5.41) is 0.408. The van der Waals surface area contributed by atoms with Crippen LogP contribution in [0.3, 0.4) is 0 Å².